The van der Waals surface area contributed by atoms with Crippen molar-refractivity contribution in [2.24, 2.45) is 0 Å². The fraction of sp³-hybridized carbons (Fsp3) is 0. The Morgan fingerprint density at radius 1 is 1.62 bits per heavy atom. The average Bonchev–Trinajstić information content (AvgIpc) is 2.49. The van der Waals surface area contributed by atoms with Gasteiger partial charge in [-0.2, -0.15) is 5.10 Å². The number of carbonyl (C=O) groups is 1. The molecular weight excluding hydrogens is 172 g/mol. The van der Waals surface area contributed by atoms with E-state index >= 15 is 0 Å². The van der Waals surface area contributed by atoms with Crippen LogP contribution in [0.3, 0.4) is 0 Å². The molecule has 0 aliphatic heterocycles. The summed E-state index contributed by atoms with van der Waals surface area (Å²) in [5.41, 5.74) is 5.89. The number of hydrogen-bond acceptors (Lipinski definition) is 4. The Bertz CT molecular complexity index is 476. The van der Waals surface area contributed by atoms with Crippen LogP contribution < -0.4 is 5.73 Å². The third kappa shape index (κ3) is 0.994. The van der Waals surface area contributed by atoms with Crippen molar-refractivity contribution in [3.05, 3.63) is 24.2 Å². The molecule has 0 aliphatic rings. The minimum Gasteiger partial charge on any atom is -0.478 e. The van der Waals surface area contributed by atoms with E-state index in [1.807, 2.05) is 0 Å². The first-order valence-electron chi connectivity index (χ1n) is 3.51. The smallest absolute Gasteiger partial charge is 0.339 e. The topological polar surface area (TPSA) is 93.5 Å². The van der Waals surface area contributed by atoms with Crippen molar-refractivity contribution in [1.82, 2.24) is 14.6 Å². The third-order valence-electron chi connectivity index (χ3n) is 1.69. The highest BCUT2D eigenvalue weighted by Crippen LogP contribution is 2.14. The summed E-state index contributed by atoms with van der Waals surface area (Å²) in [6, 6.07) is 0. The maximum absolute atomic E-state index is 10.7. The van der Waals surface area contributed by atoms with Gasteiger partial charge in [0.25, 0.3) is 0 Å². The predicted octanol–water partition coefficient (Wildman–Crippen LogP) is 0.00970. The Kier molecular flexibility index (Phi) is 1.42. The van der Waals surface area contributed by atoms with E-state index < -0.39 is 5.97 Å². The molecular formula is C7H6N4O2. The van der Waals surface area contributed by atoms with Gasteiger partial charge >= 0.3 is 5.97 Å². The number of carboxylic acids is 1. The number of anilines is 1. The summed E-state index contributed by atoms with van der Waals surface area (Å²) >= 11 is 0. The van der Waals surface area contributed by atoms with Gasteiger partial charge in [-0.25, -0.2) is 14.3 Å². The zero-order valence-electron chi connectivity index (χ0n) is 6.51. The molecule has 2 rings (SSSR count). The van der Waals surface area contributed by atoms with Crippen LogP contribution in [0.1, 0.15) is 10.4 Å². The summed E-state index contributed by atoms with van der Waals surface area (Å²) in [6.07, 6.45) is 4.24. The number of nitrogens with two attached hydrogens (primary N) is 1. The van der Waals surface area contributed by atoms with E-state index in [0.29, 0.717) is 5.52 Å². The minimum absolute atomic E-state index is 0.0607. The molecule has 0 unspecified atom stereocenters. The highest BCUT2D eigenvalue weighted by molar-refractivity contribution is 5.98. The molecule has 2 heterocycles. The zero-order valence-corrected chi connectivity index (χ0v) is 6.51. The lowest BCUT2D eigenvalue weighted by molar-refractivity contribution is 0.0699. The van der Waals surface area contributed by atoms with Crippen molar-refractivity contribution in [3.8, 4) is 0 Å². The summed E-state index contributed by atoms with van der Waals surface area (Å²) < 4.78 is 1.38. The van der Waals surface area contributed by atoms with Gasteiger partial charge in [0.15, 0.2) is 0 Å². The van der Waals surface area contributed by atoms with Crippen molar-refractivity contribution in [1.29, 1.82) is 0 Å². The van der Waals surface area contributed by atoms with Crippen LogP contribution in [0.15, 0.2) is 18.6 Å². The largest absolute Gasteiger partial charge is 0.478 e. The zero-order chi connectivity index (χ0) is 9.42. The fourth-order valence-electron chi connectivity index (χ4n) is 1.13. The normalized spacial score (nSPS) is 10.5. The quantitative estimate of drug-likeness (QED) is 0.641. The SMILES string of the molecule is Nc1nccn2ncc(C(=O)O)c12. The molecule has 0 aliphatic carbocycles. The van der Waals surface area contributed by atoms with Crippen LogP contribution >= 0.6 is 0 Å². The molecule has 0 bridgehead atoms. The van der Waals surface area contributed by atoms with Crippen molar-refractivity contribution < 1.29 is 9.90 Å². The Labute approximate surface area is 72.6 Å². The van der Waals surface area contributed by atoms with E-state index in [2.05, 4.69) is 10.1 Å². The van der Waals surface area contributed by atoms with Crippen molar-refractivity contribution in [3.63, 3.8) is 0 Å². The first-order chi connectivity index (χ1) is 6.20. The standard InChI is InChI=1S/C7H6N4O2/c8-6-5-4(7(12)13)3-10-11(5)2-1-9-6/h1-3H,(H2,8,9)(H,12,13). The van der Waals surface area contributed by atoms with E-state index in [4.69, 9.17) is 10.8 Å². The van der Waals surface area contributed by atoms with E-state index in [0.717, 1.165) is 0 Å². The number of fused-ring (bicyclic) bond motifs is 1. The lowest BCUT2D eigenvalue weighted by Crippen LogP contribution is -2.00. The summed E-state index contributed by atoms with van der Waals surface area (Å²) in [7, 11) is 0. The van der Waals surface area contributed by atoms with Gasteiger partial charge in [0.05, 0.1) is 6.20 Å². The van der Waals surface area contributed by atoms with Gasteiger partial charge < -0.3 is 10.8 Å². The first kappa shape index (κ1) is 7.53. The second kappa shape index (κ2) is 2.44. The molecule has 0 fully saturated rings. The molecule has 0 atom stereocenters. The number of aromatic carboxylic acids is 1. The number of nitrogens with zero attached hydrogens (tertiary/aromatic N) is 3. The maximum Gasteiger partial charge on any atom is 0.339 e. The Morgan fingerprint density at radius 3 is 3.08 bits per heavy atom. The summed E-state index contributed by atoms with van der Waals surface area (Å²) in [4.78, 5) is 14.5. The molecule has 0 amide bonds. The van der Waals surface area contributed by atoms with Gasteiger partial charge in [-0.3, -0.25) is 0 Å². The molecule has 0 radical (unpaired) electrons. The Hall–Kier alpha value is -2.11. The molecule has 0 saturated carbocycles. The monoisotopic (exact) mass is 178 g/mol. The highest BCUT2D eigenvalue weighted by Gasteiger charge is 2.13. The first-order valence-corrected chi connectivity index (χ1v) is 3.51. The molecule has 6 heteroatoms. The van der Waals surface area contributed by atoms with Gasteiger partial charge in [-0.15, -0.1) is 0 Å². The van der Waals surface area contributed by atoms with Crippen LogP contribution in [-0.2, 0) is 0 Å². The fourth-order valence-corrected chi connectivity index (χ4v) is 1.13. The molecule has 3 N–H and O–H groups in total. The van der Waals surface area contributed by atoms with Crippen LogP contribution in [0.25, 0.3) is 5.52 Å². The number of hydrogen-bond donors (Lipinski definition) is 2. The molecule has 66 valence electrons. The Morgan fingerprint density at radius 2 is 2.38 bits per heavy atom. The Balaban J connectivity index is 2.86. The van der Waals surface area contributed by atoms with Crippen LogP contribution in [0.5, 0.6) is 0 Å². The molecule has 13 heavy (non-hydrogen) atoms. The third-order valence-corrected chi connectivity index (χ3v) is 1.69. The van der Waals surface area contributed by atoms with E-state index in [1.54, 1.807) is 0 Å². The molecule has 6 nitrogen and oxygen atoms in total. The second-order valence-electron chi connectivity index (χ2n) is 2.47. The number of nitrogen functional groups attached to an aromatic ring is 1. The average molecular weight is 178 g/mol. The van der Waals surface area contributed by atoms with E-state index in [1.165, 1.54) is 23.1 Å². The van der Waals surface area contributed by atoms with Crippen molar-refractivity contribution in [2.75, 3.05) is 5.73 Å². The van der Waals surface area contributed by atoms with Gasteiger partial charge in [0, 0.05) is 12.4 Å². The maximum atomic E-state index is 10.7. The van der Waals surface area contributed by atoms with Gasteiger partial charge in [-0.1, -0.05) is 0 Å². The minimum atomic E-state index is -1.06. The van der Waals surface area contributed by atoms with Crippen LogP contribution in [-0.4, -0.2) is 25.7 Å². The van der Waals surface area contributed by atoms with E-state index in [-0.39, 0.29) is 11.4 Å². The highest BCUT2D eigenvalue weighted by atomic mass is 16.4. The van der Waals surface area contributed by atoms with Crippen LogP contribution in [0.2, 0.25) is 0 Å². The lowest BCUT2D eigenvalue weighted by atomic mass is 10.3. The molecule has 0 spiro atoms. The molecule has 0 saturated heterocycles. The van der Waals surface area contributed by atoms with Gasteiger partial charge in [-0.05, 0) is 0 Å². The number of carboxylic acid groups (broad SMARTS) is 1. The summed E-state index contributed by atoms with van der Waals surface area (Å²) in [6.45, 7) is 0. The van der Waals surface area contributed by atoms with Crippen molar-refractivity contribution in [2.45, 2.75) is 0 Å². The lowest BCUT2D eigenvalue weighted by Gasteiger charge is -1.96. The predicted molar refractivity (Wildman–Crippen MR) is 44.4 cm³/mol. The van der Waals surface area contributed by atoms with Crippen LogP contribution in [0.4, 0.5) is 5.82 Å². The van der Waals surface area contributed by atoms with Gasteiger partial charge in [0.2, 0.25) is 0 Å². The molecule has 2 aromatic rings. The molecule has 2 aromatic heterocycles. The summed E-state index contributed by atoms with van der Waals surface area (Å²) in [5, 5.41) is 12.6. The second-order valence-corrected chi connectivity index (χ2v) is 2.47. The van der Waals surface area contributed by atoms with Crippen LogP contribution in [0, 0.1) is 0 Å². The molecule has 0 aromatic carbocycles. The van der Waals surface area contributed by atoms with Gasteiger partial charge in [0.1, 0.15) is 16.9 Å². The number of aromatic nitrogens is 3. The van der Waals surface area contributed by atoms with Crippen molar-refractivity contribution >= 4 is 17.3 Å². The number of rotatable bonds is 1. The van der Waals surface area contributed by atoms with E-state index in [9.17, 15) is 4.79 Å². The summed E-state index contributed by atoms with van der Waals surface area (Å²) in [5.74, 6) is -0.896.